The molecular formula is C11H11ClFN3. The van der Waals surface area contributed by atoms with E-state index in [-0.39, 0.29) is 5.82 Å². The molecule has 1 heterocycles. The molecule has 5 heteroatoms. The molecule has 0 aliphatic rings. The molecule has 0 saturated carbocycles. The minimum absolute atomic E-state index is 0.245. The summed E-state index contributed by atoms with van der Waals surface area (Å²) in [4.78, 5) is 4.14. The summed E-state index contributed by atoms with van der Waals surface area (Å²) in [6.45, 7) is 0.550. The van der Waals surface area contributed by atoms with Crippen molar-refractivity contribution in [1.82, 2.24) is 9.55 Å². The van der Waals surface area contributed by atoms with Crippen LogP contribution < -0.4 is 5.32 Å². The molecule has 1 N–H and O–H groups in total. The summed E-state index contributed by atoms with van der Waals surface area (Å²) in [6, 6.07) is 6.18. The van der Waals surface area contributed by atoms with Crippen molar-refractivity contribution in [2.24, 2.45) is 7.05 Å². The average molecular weight is 240 g/mol. The number of nitrogens with zero attached hydrogens (tertiary/aromatic N) is 2. The second-order valence-electron chi connectivity index (χ2n) is 3.42. The zero-order valence-electron chi connectivity index (χ0n) is 8.74. The van der Waals surface area contributed by atoms with Gasteiger partial charge in [0, 0.05) is 12.7 Å². The number of halogens is 2. The van der Waals surface area contributed by atoms with Gasteiger partial charge < -0.3 is 9.88 Å². The van der Waals surface area contributed by atoms with Crippen LogP contribution in [0.15, 0.2) is 30.5 Å². The lowest BCUT2D eigenvalue weighted by Crippen LogP contribution is -2.05. The van der Waals surface area contributed by atoms with Gasteiger partial charge in [-0.25, -0.2) is 9.37 Å². The number of rotatable bonds is 3. The van der Waals surface area contributed by atoms with E-state index in [0.717, 1.165) is 11.5 Å². The van der Waals surface area contributed by atoms with Crippen molar-refractivity contribution in [3.05, 3.63) is 47.3 Å². The molecule has 0 amide bonds. The summed E-state index contributed by atoms with van der Waals surface area (Å²) in [7, 11) is 1.84. The third-order valence-corrected chi connectivity index (χ3v) is 2.67. The van der Waals surface area contributed by atoms with E-state index in [1.807, 2.05) is 7.05 Å². The Balaban J connectivity index is 2.02. The fourth-order valence-electron chi connectivity index (χ4n) is 1.34. The summed E-state index contributed by atoms with van der Waals surface area (Å²) in [6.07, 6.45) is 1.60. The van der Waals surface area contributed by atoms with Crippen LogP contribution in [-0.4, -0.2) is 9.55 Å². The second-order valence-corrected chi connectivity index (χ2v) is 3.80. The Morgan fingerprint density at radius 1 is 1.38 bits per heavy atom. The van der Waals surface area contributed by atoms with Crippen molar-refractivity contribution < 1.29 is 4.39 Å². The van der Waals surface area contributed by atoms with Crippen LogP contribution >= 0.6 is 11.6 Å². The quantitative estimate of drug-likeness (QED) is 0.893. The van der Waals surface area contributed by atoms with Crippen molar-refractivity contribution in [1.29, 1.82) is 0 Å². The van der Waals surface area contributed by atoms with Crippen molar-refractivity contribution in [3.8, 4) is 0 Å². The Bertz CT molecular complexity index is 478. The van der Waals surface area contributed by atoms with Gasteiger partial charge >= 0.3 is 0 Å². The third kappa shape index (κ3) is 2.33. The van der Waals surface area contributed by atoms with Crippen LogP contribution in [-0.2, 0) is 13.6 Å². The van der Waals surface area contributed by atoms with Crippen molar-refractivity contribution >= 4 is 17.3 Å². The molecule has 0 aliphatic carbocycles. The van der Waals surface area contributed by atoms with Crippen molar-refractivity contribution in [2.75, 3.05) is 5.32 Å². The molecular weight excluding hydrogens is 229 g/mol. The van der Waals surface area contributed by atoms with Crippen LogP contribution in [0.5, 0.6) is 0 Å². The van der Waals surface area contributed by atoms with Crippen LogP contribution in [0.1, 0.15) is 5.82 Å². The molecule has 84 valence electrons. The largest absolute Gasteiger partial charge is 0.378 e. The number of benzene rings is 1. The molecule has 0 unspecified atom stereocenters. The van der Waals surface area contributed by atoms with Crippen LogP contribution in [0, 0.1) is 5.82 Å². The number of imidazole rings is 1. The molecule has 0 bridgehead atoms. The summed E-state index contributed by atoms with van der Waals surface area (Å²) >= 11 is 5.86. The normalized spacial score (nSPS) is 10.4. The fourth-order valence-corrected chi connectivity index (χ4v) is 1.48. The molecule has 0 saturated heterocycles. The highest BCUT2D eigenvalue weighted by Crippen LogP contribution is 2.12. The van der Waals surface area contributed by atoms with E-state index in [4.69, 9.17) is 11.6 Å². The second kappa shape index (κ2) is 4.53. The Morgan fingerprint density at radius 3 is 2.62 bits per heavy atom. The van der Waals surface area contributed by atoms with E-state index in [2.05, 4.69) is 10.3 Å². The van der Waals surface area contributed by atoms with Crippen molar-refractivity contribution in [3.63, 3.8) is 0 Å². The zero-order chi connectivity index (χ0) is 11.5. The maximum absolute atomic E-state index is 12.7. The maximum atomic E-state index is 12.7. The van der Waals surface area contributed by atoms with Crippen LogP contribution in [0.3, 0.4) is 0 Å². The highest BCUT2D eigenvalue weighted by molar-refractivity contribution is 6.29. The Labute approximate surface area is 97.9 Å². The van der Waals surface area contributed by atoms with Gasteiger partial charge in [0.15, 0.2) is 0 Å². The lowest BCUT2D eigenvalue weighted by molar-refractivity contribution is 0.628. The molecule has 2 rings (SSSR count). The maximum Gasteiger partial charge on any atom is 0.128 e. The molecule has 16 heavy (non-hydrogen) atoms. The van der Waals surface area contributed by atoms with Crippen LogP contribution in [0.2, 0.25) is 5.15 Å². The Hall–Kier alpha value is -1.55. The monoisotopic (exact) mass is 239 g/mol. The predicted octanol–water partition coefficient (Wildman–Crippen LogP) is 2.82. The first-order chi connectivity index (χ1) is 7.66. The van der Waals surface area contributed by atoms with Crippen LogP contribution in [0.25, 0.3) is 0 Å². The van der Waals surface area contributed by atoms with Gasteiger partial charge in [0.25, 0.3) is 0 Å². The lowest BCUT2D eigenvalue weighted by Gasteiger charge is -2.06. The number of hydrogen-bond donors (Lipinski definition) is 1. The summed E-state index contributed by atoms with van der Waals surface area (Å²) in [5, 5.41) is 3.73. The molecule has 0 fully saturated rings. The van der Waals surface area contributed by atoms with E-state index in [9.17, 15) is 4.39 Å². The smallest absolute Gasteiger partial charge is 0.128 e. The van der Waals surface area contributed by atoms with E-state index >= 15 is 0 Å². The molecule has 0 atom stereocenters. The van der Waals surface area contributed by atoms with Gasteiger partial charge in [-0.15, -0.1) is 0 Å². The first-order valence-electron chi connectivity index (χ1n) is 4.82. The standard InChI is InChI=1S/C11H11ClFN3/c1-16-10(12)6-15-11(16)7-14-9-4-2-8(13)3-5-9/h2-6,14H,7H2,1H3. The SMILES string of the molecule is Cn1c(Cl)cnc1CNc1ccc(F)cc1. The van der Waals surface area contributed by atoms with Crippen molar-refractivity contribution in [2.45, 2.75) is 6.54 Å². The molecule has 1 aromatic carbocycles. The summed E-state index contributed by atoms with van der Waals surface area (Å²) < 4.78 is 14.4. The fraction of sp³-hybridized carbons (Fsp3) is 0.182. The van der Waals surface area contributed by atoms with Gasteiger partial charge in [-0.05, 0) is 24.3 Å². The number of aromatic nitrogens is 2. The average Bonchev–Trinajstić information content (AvgIpc) is 2.60. The van der Waals surface area contributed by atoms with Gasteiger partial charge in [-0.2, -0.15) is 0 Å². The Kier molecular flexibility index (Phi) is 3.10. The van der Waals surface area contributed by atoms with E-state index in [0.29, 0.717) is 11.7 Å². The molecule has 3 nitrogen and oxygen atoms in total. The van der Waals surface area contributed by atoms with Gasteiger partial charge in [-0.1, -0.05) is 11.6 Å². The van der Waals surface area contributed by atoms with E-state index < -0.39 is 0 Å². The van der Waals surface area contributed by atoms with Gasteiger partial charge in [0.2, 0.25) is 0 Å². The lowest BCUT2D eigenvalue weighted by atomic mass is 10.3. The predicted molar refractivity (Wildman–Crippen MR) is 61.9 cm³/mol. The van der Waals surface area contributed by atoms with Gasteiger partial charge in [0.05, 0.1) is 12.7 Å². The van der Waals surface area contributed by atoms with Gasteiger partial charge in [-0.3, -0.25) is 0 Å². The molecule has 1 aromatic heterocycles. The summed E-state index contributed by atoms with van der Waals surface area (Å²) in [5.41, 5.74) is 0.848. The first-order valence-corrected chi connectivity index (χ1v) is 5.20. The first kappa shape index (κ1) is 11.0. The molecule has 2 aromatic rings. The minimum atomic E-state index is -0.245. The third-order valence-electron chi connectivity index (χ3n) is 2.32. The van der Waals surface area contributed by atoms with E-state index in [1.54, 1.807) is 22.9 Å². The Morgan fingerprint density at radius 2 is 2.06 bits per heavy atom. The number of nitrogens with one attached hydrogen (secondary N) is 1. The minimum Gasteiger partial charge on any atom is -0.378 e. The van der Waals surface area contributed by atoms with Gasteiger partial charge in [0.1, 0.15) is 16.8 Å². The zero-order valence-corrected chi connectivity index (χ0v) is 9.50. The highest BCUT2D eigenvalue weighted by Gasteiger charge is 2.03. The number of anilines is 1. The van der Waals surface area contributed by atoms with Crippen LogP contribution in [0.4, 0.5) is 10.1 Å². The molecule has 0 aliphatic heterocycles. The number of hydrogen-bond acceptors (Lipinski definition) is 2. The molecule has 0 spiro atoms. The summed E-state index contributed by atoms with van der Waals surface area (Å²) in [5.74, 6) is 0.583. The molecule has 0 radical (unpaired) electrons. The van der Waals surface area contributed by atoms with E-state index in [1.165, 1.54) is 12.1 Å². The topological polar surface area (TPSA) is 29.9 Å². The highest BCUT2D eigenvalue weighted by atomic mass is 35.5.